The van der Waals surface area contributed by atoms with Gasteiger partial charge in [0.15, 0.2) is 10.8 Å². The number of carbonyl (C=O) groups excluding carboxylic acids is 1. The Hall–Kier alpha value is -2.30. The molecule has 0 atom stereocenters. The lowest BCUT2D eigenvalue weighted by Gasteiger charge is -2.10. The van der Waals surface area contributed by atoms with Crippen LogP contribution in [0.5, 0.6) is 0 Å². The zero-order valence-corrected chi connectivity index (χ0v) is 20.2. The van der Waals surface area contributed by atoms with Gasteiger partial charge in [0.1, 0.15) is 5.82 Å². The van der Waals surface area contributed by atoms with E-state index in [1.165, 1.54) is 5.56 Å². The van der Waals surface area contributed by atoms with Gasteiger partial charge in [-0.3, -0.25) is 4.79 Å². The third-order valence-corrected chi connectivity index (χ3v) is 6.22. The van der Waals surface area contributed by atoms with Crippen molar-refractivity contribution in [2.24, 2.45) is 0 Å². The minimum Gasteiger partial charge on any atom is -0.380 e. The normalized spacial score (nSPS) is 11.1. The van der Waals surface area contributed by atoms with Crippen LogP contribution in [-0.4, -0.2) is 63.5 Å². The molecular weight excluding hydrogens is 444 g/mol. The molecule has 172 valence electrons. The summed E-state index contributed by atoms with van der Waals surface area (Å²) in [4.78, 5) is 21.5. The number of rotatable bonds is 14. The molecule has 3 rings (SSSR count). The molecule has 0 aliphatic carbocycles. The molecule has 32 heavy (non-hydrogen) atoms. The van der Waals surface area contributed by atoms with Gasteiger partial charge in [0.2, 0.25) is 5.91 Å². The summed E-state index contributed by atoms with van der Waals surface area (Å²) in [7, 11) is 0. The van der Waals surface area contributed by atoms with Crippen LogP contribution in [0.2, 0.25) is 0 Å². The molecule has 0 saturated heterocycles. The van der Waals surface area contributed by atoms with Crippen molar-refractivity contribution in [3.63, 3.8) is 0 Å². The first-order valence-corrected chi connectivity index (χ1v) is 12.9. The number of nitrogens with one attached hydrogen (secondary N) is 2. The first kappa shape index (κ1) is 24.3. The van der Waals surface area contributed by atoms with Gasteiger partial charge in [0, 0.05) is 25.4 Å². The highest BCUT2D eigenvalue weighted by Crippen LogP contribution is 2.24. The molecule has 1 amide bonds. The molecule has 0 unspecified atom stereocenters. The van der Waals surface area contributed by atoms with Gasteiger partial charge in [-0.05, 0) is 18.2 Å². The fraction of sp³-hybridized carbons (Fsp3) is 0.455. The van der Waals surface area contributed by atoms with E-state index in [4.69, 9.17) is 4.74 Å². The maximum atomic E-state index is 12.2. The van der Waals surface area contributed by atoms with E-state index < -0.39 is 0 Å². The topological polar surface area (TPSA) is 94.0 Å². The number of carbonyl (C=O) groups is 1. The number of benzene rings is 1. The second-order valence-electron chi connectivity index (χ2n) is 6.84. The van der Waals surface area contributed by atoms with Gasteiger partial charge in [0.05, 0.1) is 30.5 Å². The Morgan fingerprint density at radius 2 is 2.00 bits per heavy atom. The van der Waals surface area contributed by atoms with Crippen LogP contribution < -0.4 is 10.6 Å². The van der Waals surface area contributed by atoms with Crippen molar-refractivity contribution < 1.29 is 9.53 Å². The Balaban J connectivity index is 1.54. The van der Waals surface area contributed by atoms with Gasteiger partial charge in [-0.1, -0.05) is 49.0 Å². The van der Waals surface area contributed by atoms with Crippen LogP contribution in [0.1, 0.15) is 19.4 Å². The Labute approximate surface area is 197 Å². The molecule has 0 fully saturated rings. The van der Waals surface area contributed by atoms with E-state index >= 15 is 0 Å². The third-order valence-electron chi connectivity index (χ3n) is 4.48. The zero-order valence-electron chi connectivity index (χ0n) is 18.5. The number of nitrogens with zero attached hydrogens (tertiary/aromatic N) is 4. The number of aromatic nitrogens is 4. The molecule has 0 saturated carbocycles. The Morgan fingerprint density at radius 1 is 1.16 bits per heavy atom. The predicted molar refractivity (Wildman–Crippen MR) is 132 cm³/mol. The average Bonchev–Trinajstić information content (AvgIpc) is 3.21. The van der Waals surface area contributed by atoms with Crippen LogP contribution in [0.15, 0.2) is 41.7 Å². The molecule has 0 radical (unpaired) electrons. The molecule has 0 aliphatic rings. The van der Waals surface area contributed by atoms with Gasteiger partial charge in [-0.2, -0.15) is 5.10 Å². The van der Waals surface area contributed by atoms with E-state index in [2.05, 4.69) is 44.8 Å². The van der Waals surface area contributed by atoms with Crippen LogP contribution in [-0.2, 0) is 21.8 Å². The van der Waals surface area contributed by atoms with Crippen molar-refractivity contribution in [1.82, 2.24) is 25.1 Å². The Morgan fingerprint density at radius 3 is 2.78 bits per heavy atom. The van der Waals surface area contributed by atoms with E-state index in [1.807, 2.05) is 29.8 Å². The number of thioether (sulfide) groups is 2. The molecule has 8 nitrogen and oxygen atoms in total. The molecule has 3 aromatic rings. The fourth-order valence-corrected chi connectivity index (χ4v) is 4.38. The summed E-state index contributed by atoms with van der Waals surface area (Å²) in [6.07, 6.45) is 1.77. The summed E-state index contributed by atoms with van der Waals surface area (Å²) in [5.74, 6) is 2.93. The summed E-state index contributed by atoms with van der Waals surface area (Å²) in [5, 5.41) is 12.4. The predicted octanol–water partition coefficient (Wildman–Crippen LogP) is 3.44. The lowest BCUT2D eigenvalue weighted by molar-refractivity contribution is -0.118. The Kier molecular flexibility index (Phi) is 10.1. The maximum Gasteiger partial charge on any atom is 0.230 e. The summed E-state index contributed by atoms with van der Waals surface area (Å²) in [6, 6.07) is 10.2. The molecule has 0 bridgehead atoms. The van der Waals surface area contributed by atoms with Gasteiger partial charge in [0.25, 0.3) is 0 Å². The molecule has 10 heteroatoms. The minimum atomic E-state index is 0.0255. The van der Waals surface area contributed by atoms with Gasteiger partial charge >= 0.3 is 0 Å². The summed E-state index contributed by atoms with van der Waals surface area (Å²) >= 11 is 3.20. The Bertz CT molecular complexity index is 983. The number of anilines is 1. The molecule has 2 heterocycles. The van der Waals surface area contributed by atoms with Gasteiger partial charge < -0.3 is 15.4 Å². The minimum absolute atomic E-state index is 0.0255. The SMILES string of the molecule is CCOCCNc1nc(SCC)nc2c1cnn2CCNC(=O)CSCc1ccccc1. The fourth-order valence-electron chi connectivity index (χ4n) is 3.00. The van der Waals surface area contributed by atoms with Crippen molar-refractivity contribution in [3.05, 3.63) is 42.1 Å². The molecule has 2 aromatic heterocycles. The standard InChI is InChI=1S/C22H30N6O2S2/c1-3-30-13-11-24-20-18-14-25-28(21(18)27-22(26-20)32-4-2)12-10-23-19(29)16-31-15-17-8-6-5-7-9-17/h5-9,14H,3-4,10-13,15-16H2,1-2H3,(H,23,29)(H,24,26,27). The van der Waals surface area contributed by atoms with E-state index in [0.717, 1.165) is 28.4 Å². The highest BCUT2D eigenvalue weighted by atomic mass is 32.2. The maximum absolute atomic E-state index is 12.2. The summed E-state index contributed by atoms with van der Waals surface area (Å²) in [5.41, 5.74) is 1.99. The van der Waals surface area contributed by atoms with Crippen LogP contribution in [0.4, 0.5) is 5.82 Å². The first-order valence-electron chi connectivity index (χ1n) is 10.8. The van der Waals surface area contributed by atoms with Crippen molar-refractivity contribution in [2.45, 2.75) is 31.3 Å². The molecule has 1 aromatic carbocycles. The van der Waals surface area contributed by atoms with Gasteiger partial charge in [-0.15, -0.1) is 11.8 Å². The van der Waals surface area contributed by atoms with Gasteiger partial charge in [-0.25, -0.2) is 14.6 Å². The summed E-state index contributed by atoms with van der Waals surface area (Å²) < 4.78 is 7.23. The average molecular weight is 475 g/mol. The van der Waals surface area contributed by atoms with Crippen molar-refractivity contribution in [1.29, 1.82) is 0 Å². The monoisotopic (exact) mass is 474 g/mol. The van der Waals surface area contributed by atoms with E-state index in [-0.39, 0.29) is 5.91 Å². The smallest absolute Gasteiger partial charge is 0.230 e. The summed E-state index contributed by atoms with van der Waals surface area (Å²) in [6.45, 7) is 7.05. The molecule has 0 aliphatic heterocycles. The van der Waals surface area contributed by atoms with E-state index in [1.54, 1.807) is 29.7 Å². The number of ether oxygens (including phenoxy) is 1. The number of hydrogen-bond donors (Lipinski definition) is 2. The highest BCUT2D eigenvalue weighted by molar-refractivity contribution is 7.99. The van der Waals surface area contributed by atoms with Crippen molar-refractivity contribution >= 4 is 46.3 Å². The number of amides is 1. The largest absolute Gasteiger partial charge is 0.380 e. The molecular formula is C22H30N6O2S2. The second kappa shape index (κ2) is 13.3. The van der Waals surface area contributed by atoms with Crippen LogP contribution in [0.25, 0.3) is 11.0 Å². The van der Waals surface area contributed by atoms with Crippen molar-refractivity contribution in [2.75, 3.05) is 43.1 Å². The van der Waals surface area contributed by atoms with Crippen LogP contribution >= 0.6 is 23.5 Å². The van der Waals surface area contributed by atoms with Crippen LogP contribution in [0.3, 0.4) is 0 Å². The quantitative estimate of drug-likeness (QED) is 0.208. The molecule has 2 N–H and O–H groups in total. The lowest BCUT2D eigenvalue weighted by Crippen LogP contribution is -2.29. The number of fused-ring (bicyclic) bond motifs is 1. The van der Waals surface area contributed by atoms with E-state index in [0.29, 0.717) is 43.8 Å². The number of hydrogen-bond acceptors (Lipinski definition) is 8. The lowest BCUT2D eigenvalue weighted by atomic mass is 10.2. The zero-order chi connectivity index (χ0) is 22.6. The van der Waals surface area contributed by atoms with E-state index in [9.17, 15) is 4.79 Å². The third kappa shape index (κ3) is 7.39. The first-order chi connectivity index (χ1) is 15.7. The van der Waals surface area contributed by atoms with Crippen LogP contribution in [0, 0.1) is 0 Å². The molecule has 0 spiro atoms. The second-order valence-corrected chi connectivity index (χ2v) is 9.06. The van der Waals surface area contributed by atoms with Crippen molar-refractivity contribution in [3.8, 4) is 0 Å². The highest BCUT2D eigenvalue weighted by Gasteiger charge is 2.13.